The standard InChI is InChI=1S/C13H19NO4/c14-13(9-15,12(17)18)11(16)8-4-7-10-5-2-1-3-6-10/h1-3,5-6,11,15-16H,4,7-9,14H2,(H,17,18)/t11-,13?/m0/s1. The third kappa shape index (κ3) is 3.53. The lowest BCUT2D eigenvalue weighted by molar-refractivity contribution is -0.150. The Bertz CT molecular complexity index is 382. The lowest BCUT2D eigenvalue weighted by Gasteiger charge is -2.27. The number of aliphatic hydroxyl groups is 2. The van der Waals surface area contributed by atoms with E-state index in [-0.39, 0.29) is 6.42 Å². The molecule has 1 unspecified atom stereocenters. The number of hydrogen-bond donors (Lipinski definition) is 4. The van der Waals surface area contributed by atoms with Crippen LogP contribution in [0.2, 0.25) is 0 Å². The number of aliphatic carboxylic acids is 1. The second kappa shape index (κ2) is 6.49. The van der Waals surface area contributed by atoms with Gasteiger partial charge in [-0.05, 0) is 24.8 Å². The van der Waals surface area contributed by atoms with Gasteiger partial charge in [-0.1, -0.05) is 30.3 Å². The quantitative estimate of drug-likeness (QED) is 0.553. The fourth-order valence-corrected chi connectivity index (χ4v) is 1.72. The fraction of sp³-hybridized carbons (Fsp3) is 0.462. The number of rotatable bonds is 7. The first-order chi connectivity index (χ1) is 8.50. The van der Waals surface area contributed by atoms with Crippen molar-refractivity contribution in [1.29, 1.82) is 0 Å². The molecule has 1 aromatic rings. The summed E-state index contributed by atoms with van der Waals surface area (Å²) in [5, 5.41) is 27.6. The summed E-state index contributed by atoms with van der Waals surface area (Å²) in [5.74, 6) is -1.39. The molecule has 0 radical (unpaired) electrons. The average molecular weight is 253 g/mol. The minimum Gasteiger partial charge on any atom is -0.480 e. The van der Waals surface area contributed by atoms with E-state index >= 15 is 0 Å². The van der Waals surface area contributed by atoms with Crippen LogP contribution in [0.25, 0.3) is 0 Å². The van der Waals surface area contributed by atoms with Gasteiger partial charge in [0.15, 0.2) is 5.54 Å². The molecule has 0 bridgehead atoms. The van der Waals surface area contributed by atoms with Gasteiger partial charge in [-0.3, -0.25) is 4.79 Å². The Morgan fingerprint density at radius 2 is 1.94 bits per heavy atom. The highest BCUT2D eigenvalue weighted by molar-refractivity contribution is 5.79. The topological polar surface area (TPSA) is 104 Å². The largest absolute Gasteiger partial charge is 0.480 e. The van der Waals surface area contributed by atoms with Crippen LogP contribution in [0, 0.1) is 0 Å². The minimum absolute atomic E-state index is 0.234. The van der Waals surface area contributed by atoms with Crippen LogP contribution in [0.1, 0.15) is 18.4 Å². The second-order valence-electron chi connectivity index (χ2n) is 4.40. The van der Waals surface area contributed by atoms with Crippen LogP contribution in [0.4, 0.5) is 0 Å². The van der Waals surface area contributed by atoms with E-state index in [2.05, 4.69) is 0 Å². The summed E-state index contributed by atoms with van der Waals surface area (Å²) >= 11 is 0. The molecule has 18 heavy (non-hydrogen) atoms. The van der Waals surface area contributed by atoms with Gasteiger partial charge in [-0.25, -0.2) is 0 Å². The lowest BCUT2D eigenvalue weighted by Crippen LogP contribution is -2.60. The van der Waals surface area contributed by atoms with Crippen LogP contribution < -0.4 is 5.73 Å². The monoisotopic (exact) mass is 253 g/mol. The van der Waals surface area contributed by atoms with Crippen LogP contribution in [-0.2, 0) is 11.2 Å². The molecule has 5 heteroatoms. The summed E-state index contributed by atoms with van der Waals surface area (Å²) in [6.07, 6.45) is 0.318. The third-order valence-electron chi connectivity index (χ3n) is 3.04. The fourth-order valence-electron chi connectivity index (χ4n) is 1.72. The molecule has 0 aliphatic rings. The molecule has 5 nitrogen and oxygen atoms in total. The van der Waals surface area contributed by atoms with Crippen LogP contribution in [0.3, 0.4) is 0 Å². The Morgan fingerprint density at radius 3 is 2.44 bits per heavy atom. The van der Waals surface area contributed by atoms with E-state index in [1.807, 2.05) is 30.3 Å². The zero-order chi connectivity index (χ0) is 13.6. The van der Waals surface area contributed by atoms with Crippen molar-refractivity contribution in [1.82, 2.24) is 0 Å². The Balaban J connectivity index is 2.46. The number of nitrogens with two attached hydrogens (primary N) is 1. The SMILES string of the molecule is NC(CO)(C(=O)O)[C@@H](O)CCCc1ccccc1. The number of carboxylic acids is 1. The van der Waals surface area contributed by atoms with Crippen molar-refractivity contribution in [3.8, 4) is 0 Å². The van der Waals surface area contributed by atoms with Gasteiger partial charge >= 0.3 is 5.97 Å². The van der Waals surface area contributed by atoms with E-state index in [9.17, 15) is 9.90 Å². The number of carboxylic acid groups (broad SMARTS) is 1. The highest BCUT2D eigenvalue weighted by Crippen LogP contribution is 2.14. The summed E-state index contributed by atoms with van der Waals surface area (Å²) in [4.78, 5) is 10.9. The molecular weight excluding hydrogens is 234 g/mol. The molecule has 100 valence electrons. The number of aliphatic hydroxyl groups excluding tert-OH is 2. The predicted molar refractivity (Wildman–Crippen MR) is 67.0 cm³/mol. The maximum absolute atomic E-state index is 10.9. The van der Waals surface area contributed by atoms with Crippen LogP contribution in [0.15, 0.2) is 30.3 Å². The number of carbonyl (C=O) groups is 1. The van der Waals surface area contributed by atoms with E-state index in [1.54, 1.807) is 0 Å². The first-order valence-corrected chi connectivity index (χ1v) is 5.86. The average Bonchev–Trinajstić information content (AvgIpc) is 2.38. The molecule has 1 aromatic carbocycles. The van der Waals surface area contributed by atoms with Crippen molar-refractivity contribution in [3.63, 3.8) is 0 Å². The summed E-state index contributed by atoms with van der Waals surface area (Å²) in [6, 6.07) is 9.68. The van der Waals surface area contributed by atoms with Crippen LogP contribution in [0.5, 0.6) is 0 Å². The highest BCUT2D eigenvalue weighted by Gasteiger charge is 2.40. The molecule has 0 fully saturated rings. The van der Waals surface area contributed by atoms with Gasteiger partial charge in [0.2, 0.25) is 0 Å². The zero-order valence-corrected chi connectivity index (χ0v) is 10.1. The Labute approximate surface area is 106 Å². The minimum atomic E-state index is -1.98. The Morgan fingerprint density at radius 1 is 1.33 bits per heavy atom. The van der Waals surface area contributed by atoms with Crippen molar-refractivity contribution < 1.29 is 20.1 Å². The predicted octanol–water partition coefficient (Wildman–Crippen LogP) is 0.145. The maximum atomic E-state index is 10.9. The van der Waals surface area contributed by atoms with E-state index in [0.717, 1.165) is 12.0 Å². The molecule has 0 aliphatic carbocycles. The Hall–Kier alpha value is -1.43. The summed E-state index contributed by atoms with van der Waals surface area (Å²) in [7, 11) is 0. The maximum Gasteiger partial charge on any atom is 0.328 e. The molecule has 0 amide bonds. The van der Waals surface area contributed by atoms with Crippen LogP contribution in [-0.4, -0.2) is 39.5 Å². The number of hydrogen-bond acceptors (Lipinski definition) is 4. The number of aryl methyl sites for hydroxylation is 1. The summed E-state index contributed by atoms with van der Waals surface area (Å²) in [6.45, 7) is -0.783. The molecule has 0 aromatic heterocycles. The highest BCUT2D eigenvalue weighted by atomic mass is 16.4. The molecule has 1 rings (SSSR count). The molecule has 0 saturated heterocycles. The normalized spacial score (nSPS) is 15.9. The van der Waals surface area contributed by atoms with Gasteiger partial charge in [0.25, 0.3) is 0 Å². The molecule has 0 aliphatic heterocycles. The Kier molecular flexibility index (Phi) is 5.27. The zero-order valence-electron chi connectivity index (χ0n) is 10.1. The van der Waals surface area contributed by atoms with Gasteiger partial charge in [0.05, 0.1) is 12.7 Å². The van der Waals surface area contributed by atoms with E-state index in [0.29, 0.717) is 6.42 Å². The van der Waals surface area contributed by atoms with E-state index < -0.39 is 24.2 Å². The van der Waals surface area contributed by atoms with Crippen molar-refractivity contribution in [2.24, 2.45) is 5.73 Å². The van der Waals surface area contributed by atoms with Crippen molar-refractivity contribution in [2.45, 2.75) is 30.9 Å². The molecule has 2 atom stereocenters. The first kappa shape index (κ1) is 14.6. The third-order valence-corrected chi connectivity index (χ3v) is 3.04. The molecule has 0 saturated carbocycles. The molecule has 5 N–H and O–H groups in total. The number of benzene rings is 1. The van der Waals surface area contributed by atoms with Crippen molar-refractivity contribution >= 4 is 5.97 Å². The van der Waals surface area contributed by atoms with E-state index in [4.69, 9.17) is 15.9 Å². The smallest absolute Gasteiger partial charge is 0.328 e. The molecule has 0 spiro atoms. The molecule has 0 heterocycles. The molecular formula is C13H19NO4. The first-order valence-electron chi connectivity index (χ1n) is 5.86. The van der Waals surface area contributed by atoms with Crippen molar-refractivity contribution in [3.05, 3.63) is 35.9 Å². The van der Waals surface area contributed by atoms with Crippen molar-refractivity contribution in [2.75, 3.05) is 6.61 Å². The summed E-state index contributed by atoms with van der Waals surface area (Å²) < 4.78 is 0. The lowest BCUT2D eigenvalue weighted by atomic mass is 9.90. The van der Waals surface area contributed by atoms with Gasteiger partial charge in [-0.2, -0.15) is 0 Å². The van der Waals surface area contributed by atoms with Gasteiger partial charge in [-0.15, -0.1) is 0 Å². The van der Waals surface area contributed by atoms with Gasteiger partial charge < -0.3 is 21.1 Å². The second-order valence-corrected chi connectivity index (χ2v) is 4.40. The van der Waals surface area contributed by atoms with Gasteiger partial charge in [0.1, 0.15) is 0 Å². The van der Waals surface area contributed by atoms with Crippen LogP contribution >= 0.6 is 0 Å². The summed E-state index contributed by atoms with van der Waals surface area (Å²) in [5.41, 5.74) is 4.61. The van der Waals surface area contributed by atoms with Gasteiger partial charge in [0, 0.05) is 0 Å². The van der Waals surface area contributed by atoms with E-state index in [1.165, 1.54) is 0 Å².